The quantitative estimate of drug-likeness (QED) is 0.516. The first kappa shape index (κ1) is 13.7. The summed E-state index contributed by atoms with van der Waals surface area (Å²) in [7, 11) is 0. The zero-order valence-electron chi connectivity index (χ0n) is 9.51. The lowest BCUT2D eigenvalue weighted by Gasteiger charge is -2.12. The van der Waals surface area contributed by atoms with Crippen molar-refractivity contribution in [2.24, 2.45) is 0 Å². The Labute approximate surface area is 120 Å². The zero-order chi connectivity index (χ0) is 13.3. The van der Waals surface area contributed by atoms with Crippen LogP contribution in [-0.4, -0.2) is 0 Å². The van der Waals surface area contributed by atoms with Crippen LogP contribution in [-0.2, 0) is 6.42 Å². The number of halogens is 4. The molecule has 1 atom stereocenters. The van der Waals surface area contributed by atoms with Gasteiger partial charge in [0.2, 0.25) is 0 Å². The average Bonchev–Trinajstić information content (AvgIpc) is 2.81. The number of hydrogen-bond donors (Lipinski definition) is 0. The van der Waals surface area contributed by atoms with E-state index >= 15 is 0 Å². The minimum Gasteiger partial charge on any atom is -0.469 e. The highest BCUT2D eigenvalue weighted by atomic mass is 79.9. The monoisotopic (exact) mass is 378 g/mol. The van der Waals surface area contributed by atoms with Crippen LogP contribution in [0.1, 0.15) is 28.6 Å². The van der Waals surface area contributed by atoms with E-state index in [1.165, 1.54) is 6.07 Å². The molecule has 0 saturated heterocycles. The van der Waals surface area contributed by atoms with Crippen molar-refractivity contribution in [1.82, 2.24) is 0 Å². The molecular formula is C13H10Br2F2O. The molecule has 1 heterocycles. The Balaban J connectivity index is 2.46. The second-order valence-electron chi connectivity index (χ2n) is 3.80. The average molecular weight is 380 g/mol. The predicted octanol–water partition coefficient (Wildman–Crippen LogP) is 5.37. The van der Waals surface area contributed by atoms with Crippen LogP contribution in [0, 0.1) is 11.6 Å². The molecule has 1 nitrogen and oxygen atoms in total. The van der Waals surface area contributed by atoms with Gasteiger partial charge in [0, 0.05) is 17.5 Å². The molecular weight excluding hydrogens is 370 g/mol. The van der Waals surface area contributed by atoms with Crippen LogP contribution in [0.25, 0.3) is 0 Å². The van der Waals surface area contributed by atoms with Gasteiger partial charge in [0.25, 0.3) is 0 Å². The highest BCUT2D eigenvalue weighted by Gasteiger charge is 2.21. The molecule has 96 valence electrons. The minimum absolute atomic E-state index is 0.117. The van der Waals surface area contributed by atoms with Gasteiger partial charge in [0.1, 0.15) is 17.4 Å². The lowest BCUT2D eigenvalue weighted by molar-refractivity contribution is 0.511. The molecule has 1 aromatic carbocycles. The fourth-order valence-corrected chi connectivity index (χ4v) is 2.84. The van der Waals surface area contributed by atoms with Crippen molar-refractivity contribution in [1.29, 1.82) is 0 Å². The molecule has 1 unspecified atom stereocenters. The van der Waals surface area contributed by atoms with Gasteiger partial charge in [-0.2, -0.15) is 0 Å². The molecule has 2 aromatic rings. The number of hydrogen-bond acceptors (Lipinski definition) is 1. The summed E-state index contributed by atoms with van der Waals surface area (Å²) in [5, 5.41) is 0. The number of furan rings is 1. The van der Waals surface area contributed by atoms with Gasteiger partial charge >= 0.3 is 0 Å². The third-order valence-electron chi connectivity index (χ3n) is 2.69. The normalized spacial score (nSPS) is 12.7. The summed E-state index contributed by atoms with van der Waals surface area (Å²) in [6.07, 6.45) is 2.25. The predicted molar refractivity (Wildman–Crippen MR) is 72.9 cm³/mol. The Hall–Kier alpha value is -0.680. The number of aryl methyl sites for hydroxylation is 1. The van der Waals surface area contributed by atoms with E-state index in [1.54, 1.807) is 12.3 Å². The first-order chi connectivity index (χ1) is 8.54. The van der Waals surface area contributed by atoms with Crippen molar-refractivity contribution in [3.8, 4) is 0 Å². The standard InChI is InChI=1S/C13H10Br2F2O/c1-2-12-7(3-4-18-12)13(15)8-5-11(17)9(14)6-10(8)16/h3-6,13H,2H2,1H3. The number of alkyl halides is 1. The molecule has 0 saturated carbocycles. The van der Waals surface area contributed by atoms with Crippen molar-refractivity contribution in [3.63, 3.8) is 0 Å². The molecule has 0 N–H and O–H groups in total. The van der Waals surface area contributed by atoms with Crippen molar-refractivity contribution < 1.29 is 13.2 Å². The molecule has 0 amide bonds. The van der Waals surface area contributed by atoms with Crippen molar-refractivity contribution in [2.45, 2.75) is 18.2 Å². The molecule has 0 aliphatic rings. The SMILES string of the molecule is CCc1occc1C(Br)c1cc(F)c(Br)cc1F. The van der Waals surface area contributed by atoms with Gasteiger partial charge in [0.15, 0.2) is 0 Å². The topological polar surface area (TPSA) is 13.1 Å². The summed E-state index contributed by atoms with van der Waals surface area (Å²) in [6.45, 7) is 1.95. The summed E-state index contributed by atoms with van der Waals surface area (Å²) >= 11 is 6.35. The fourth-order valence-electron chi connectivity index (χ4n) is 1.76. The summed E-state index contributed by atoms with van der Waals surface area (Å²) in [6, 6.07) is 4.08. The molecule has 2 rings (SSSR count). The summed E-state index contributed by atoms with van der Waals surface area (Å²) in [4.78, 5) is -0.422. The minimum atomic E-state index is -0.489. The maximum atomic E-state index is 13.9. The largest absolute Gasteiger partial charge is 0.469 e. The van der Waals surface area contributed by atoms with E-state index < -0.39 is 16.5 Å². The Morgan fingerprint density at radius 1 is 1.22 bits per heavy atom. The lowest BCUT2D eigenvalue weighted by Crippen LogP contribution is -1.99. The molecule has 0 aliphatic carbocycles. The Kier molecular flexibility index (Phi) is 4.22. The molecule has 0 aliphatic heterocycles. The summed E-state index contributed by atoms with van der Waals surface area (Å²) in [5.41, 5.74) is 1.07. The molecule has 5 heteroatoms. The van der Waals surface area contributed by atoms with Gasteiger partial charge < -0.3 is 4.42 Å². The third-order valence-corrected chi connectivity index (χ3v) is 4.28. The zero-order valence-corrected chi connectivity index (χ0v) is 12.7. The highest BCUT2D eigenvalue weighted by molar-refractivity contribution is 9.10. The summed E-state index contributed by atoms with van der Waals surface area (Å²) < 4.78 is 32.7. The molecule has 1 aromatic heterocycles. The van der Waals surface area contributed by atoms with Gasteiger partial charge in [-0.1, -0.05) is 22.9 Å². The van der Waals surface area contributed by atoms with Crippen molar-refractivity contribution >= 4 is 31.9 Å². The second-order valence-corrected chi connectivity index (χ2v) is 5.57. The second kappa shape index (κ2) is 5.53. The van der Waals surface area contributed by atoms with Gasteiger partial charge in [-0.25, -0.2) is 8.78 Å². The van der Waals surface area contributed by atoms with Crippen LogP contribution < -0.4 is 0 Å². The maximum Gasteiger partial charge on any atom is 0.137 e. The summed E-state index contributed by atoms with van der Waals surface area (Å²) in [5.74, 6) is -0.189. The molecule has 18 heavy (non-hydrogen) atoms. The van der Waals surface area contributed by atoms with E-state index in [0.29, 0.717) is 6.42 Å². The van der Waals surface area contributed by atoms with E-state index in [9.17, 15) is 8.78 Å². The Morgan fingerprint density at radius 2 is 1.94 bits per heavy atom. The van der Waals surface area contributed by atoms with Gasteiger partial charge in [-0.15, -0.1) is 0 Å². The van der Waals surface area contributed by atoms with Crippen molar-refractivity contribution in [3.05, 3.63) is 57.5 Å². The number of rotatable bonds is 3. The molecule has 0 radical (unpaired) electrons. The van der Waals surface area contributed by atoms with E-state index in [4.69, 9.17) is 4.42 Å². The highest BCUT2D eigenvalue weighted by Crippen LogP contribution is 2.36. The van der Waals surface area contributed by atoms with Crippen LogP contribution in [0.15, 0.2) is 33.4 Å². The molecule has 0 spiro atoms. The molecule has 0 bridgehead atoms. The Morgan fingerprint density at radius 3 is 2.61 bits per heavy atom. The van der Waals surface area contributed by atoms with Crippen molar-refractivity contribution in [2.75, 3.05) is 0 Å². The third kappa shape index (κ3) is 2.52. The van der Waals surface area contributed by atoms with Crippen LogP contribution >= 0.6 is 31.9 Å². The van der Waals surface area contributed by atoms with Gasteiger partial charge in [-0.05, 0) is 34.1 Å². The number of benzene rings is 1. The smallest absolute Gasteiger partial charge is 0.137 e. The van der Waals surface area contributed by atoms with Crippen LogP contribution in [0.2, 0.25) is 0 Å². The first-order valence-electron chi connectivity index (χ1n) is 5.39. The maximum absolute atomic E-state index is 13.9. The van der Waals surface area contributed by atoms with Crippen LogP contribution in [0.3, 0.4) is 0 Å². The van der Waals surface area contributed by atoms with E-state index in [1.807, 2.05) is 6.92 Å². The fraction of sp³-hybridized carbons (Fsp3) is 0.231. The molecule has 0 fully saturated rings. The Bertz CT molecular complexity index is 566. The van der Waals surface area contributed by atoms with Gasteiger partial charge in [0.05, 0.1) is 15.6 Å². The van der Waals surface area contributed by atoms with E-state index in [0.717, 1.165) is 17.4 Å². The lowest BCUT2D eigenvalue weighted by atomic mass is 10.0. The first-order valence-corrected chi connectivity index (χ1v) is 7.10. The van der Waals surface area contributed by atoms with Crippen LogP contribution in [0.4, 0.5) is 8.78 Å². The van der Waals surface area contributed by atoms with E-state index in [2.05, 4.69) is 31.9 Å². The van der Waals surface area contributed by atoms with Crippen LogP contribution in [0.5, 0.6) is 0 Å². The van der Waals surface area contributed by atoms with Gasteiger partial charge in [-0.3, -0.25) is 0 Å². The van der Waals surface area contributed by atoms with E-state index in [-0.39, 0.29) is 10.0 Å².